The summed E-state index contributed by atoms with van der Waals surface area (Å²) in [6, 6.07) is 8.21. The average molecular weight is 410 g/mol. The number of rotatable bonds is 3. The molecule has 1 unspecified atom stereocenters. The molecule has 5 heteroatoms. The van der Waals surface area contributed by atoms with Crippen LogP contribution in [0.1, 0.15) is 22.0 Å². The van der Waals surface area contributed by atoms with E-state index in [9.17, 15) is 0 Å². The summed E-state index contributed by atoms with van der Waals surface area (Å²) in [6.45, 7) is 2.10. The zero-order chi connectivity index (χ0) is 13.3. The molecule has 1 atom stereocenters. The van der Waals surface area contributed by atoms with Gasteiger partial charge in [-0.05, 0) is 65.3 Å². The first kappa shape index (κ1) is 14.5. The molecule has 0 spiro atoms. The molecule has 0 bridgehead atoms. The van der Waals surface area contributed by atoms with Gasteiger partial charge in [-0.1, -0.05) is 27.5 Å². The van der Waals surface area contributed by atoms with Gasteiger partial charge >= 0.3 is 0 Å². The number of hydrogen-bond acceptors (Lipinski definition) is 2. The van der Waals surface area contributed by atoms with Crippen LogP contribution in [0.25, 0.3) is 0 Å². The zero-order valence-electron chi connectivity index (χ0n) is 9.93. The van der Waals surface area contributed by atoms with Crippen LogP contribution in [0.5, 0.6) is 0 Å². The van der Waals surface area contributed by atoms with Crippen molar-refractivity contribution < 1.29 is 0 Å². The van der Waals surface area contributed by atoms with Gasteiger partial charge < -0.3 is 5.32 Å². The van der Waals surface area contributed by atoms with Crippen LogP contribution in [0.3, 0.4) is 0 Å². The van der Waals surface area contributed by atoms with Gasteiger partial charge in [-0.25, -0.2) is 0 Å². The Hall–Kier alpha value is 0.130. The molecule has 2 aromatic rings. The molecule has 18 heavy (non-hydrogen) atoms. The predicted octanol–water partition coefficient (Wildman–Crippen LogP) is 5.54. The van der Waals surface area contributed by atoms with Gasteiger partial charge in [0.1, 0.15) is 0 Å². The fraction of sp³-hybridized carbons (Fsp3) is 0.231. The molecular formula is C13H12Br2ClNS. The van der Waals surface area contributed by atoms with Crippen molar-refractivity contribution >= 4 is 54.8 Å². The number of nitrogens with one attached hydrogen (secondary N) is 1. The average Bonchev–Trinajstić information content (AvgIpc) is 2.65. The van der Waals surface area contributed by atoms with Gasteiger partial charge in [0.05, 0.1) is 9.83 Å². The molecule has 1 heterocycles. The molecule has 0 aliphatic carbocycles. The van der Waals surface area contributed by atoms with Crippen molar-refractivity contribution in [3.05, 3.63) is 53.6 Å². The highest BCUT2D eigenvalue weighted by molar-refractivity contribution is 9.11. The Morgan fingerprint density at radius 1 is 1.28 bits per heavy atom. The third-order valence-corrected chi connectivity index (χ3v) is 5.88. The lowest BCUT2D eigenvalue weighted by atomic mass is 10.1. The molecule has 96 valence electrons. The molecule has 2 rings (SSSR count). The lowest BCUT2D eigenvalue weighted by Crippen LogP contribution is -2.17. The minimum Gasteiger partial charge on any atom is -0.309 e. The van der Waals surface area contributed by atoms with E-state index in [2.05, 4.69) is 50.2 Å². The minimum absolute atomic E-state index is 0.146. The third kappa shape index (κ3) is 2.99. The standard InChI is InChI=1S/C13H12Br2ClNS/c1-7-5-11(18-13(7)15)12(17-2)9-6-8(16)3-4-10(9)14/h3-6,12,17H,1-2H3. The maximum absolute atomic E-state index is 6.09. The summed E-state index contributed by atoms with van der Waals surface area (Å²) in [7, 11) is 1.96. The van der Waals surface area contributed by atoms with Gasteiger partial charge in [-0.2, -0.15) is 0 Å². The van der Waals surface area contributed by atoms with Gasteiger partial charge in [0, 0.05) is 14.4 Å². The normalized spacial score (nSPS) is 12.7. The van der Waals surface area contributed by atoms with E-state index in [-0.39, 0.29) is 6.04 Å². The van der Waals surface area contributed by atoms with Crippen LogP contribution < -0.4 is 5.32 Å². The molecule has 0 amide bonds. The van der Waals surface area contributed by atoms with E-state index < -0.39 is 0 Å². The molecular weight excluding hydrogens is 397 g/mol. The van der Waals surface area contributed by atoms with Crippen molar-refractivity contribution in [1.82, 2.24) is 5.32 Å². The number of hydrogen-bond donors (Lipinski definition) is 1. The van der Waals surface area contributed by atoms with Crippen LogP contribution in [0.4, 0.5) is 0 Å². The number of benzene rings is 1. The van der Waals surface area contributed by atoms with Crippen molar-refractivity contribution in [3.8, 4) is 0 Å². The molecule has 0 saturated carbocycles. The molecule has 0 aliphatic heterocycles. The Balaban J connectivity index is 2.48. The van der Waals surface area contributed by atoms with Crippen molar-refractivity contribution in [3.63, 3.8) is 0 Å². The molecule has 0 radical (unpaired) electrons. The Bertz CT molecular complexity index is 549. The SMILES string of the molecule is CNC(c1cc(C)c(Br)s1)c1cc(Cl)ccc1Br. The van der Waals surface area contributed by atoms with E-state index >= 15 is 0 Å². The molecule has 1 aromatic heterocycles. The summed E-state index contributed by atoms with van der Waals surface area (Å²) in [6.07, 6.45) is 0. The van der Waals surface area contributed by atoms with Crippen LogP contribution in [0.15, 0.2) is 32.5 Å². The third-order valence-electron chi connectivity index (χ3n) is 2.72. The smallest absolute Gasteiger partial charge is 0.0731 e. The maximum atomic E-state index is 6.09. The lowest BCUT2D eigenvalue weighted by molar-refractivity contribution is 0.700. The lowest BCUT2D eigenvalue weighted by Gasteiger charge is -2.17. The number of thiophene rings is 1. The summed E-state index contributed by atoms with van der Waals surface area (Å²) in [5.74, 6) is 0. The second kappa shape index (κ2) is 6.06. The predicted molar refractivity (Wildman–Crippen MR) is 86.8 cm³/mol. The Labute approximate surface area is 133 Å². The molecule has 0 fully saturated rings. The molecule has 1 nitrogen and oxygen atoms in total. The topological polar surface area (TPSA) is 12.0 Å². The van der Waals surface area contributed by atoms with Crippen LogP contribution in [0.2, 0.25) is 5.02 Å². The van der Waals surface area contributed by atoms with Crippen molar-refractivity contribution in [2.75, 3.05) is 7.05 Å². The fourth-order valence-electron chi connectivity index (χ4n) is 1.81. The highest BCUT2D eigenvalue weighted by Crippen LogP contribution is 2.37. The molecule has 1 N–H and O–H groups in total. The second-order valence-corrected chi connectivity index (χ2v) is 7.69. The van der Waals surface area contributed by atoms with E-state index in [1.54, 1.807) is 11.3 Å². The van der Waals surface area contributed by atoms with Gasteiger partial charge in [0.2, 0.25) is 0 Å². The Kier molecular flexibility index (Phi) is 4.89. The van der Waals surface area contributed by atoms with Crippen molar-refractivity contribution in [2.24, 2.45) is 0 Å². The highest BCUT2D eigenvalue weighted by Gasteiger charge is 2.18. The quantitative estimate of drug-likeness (QED) is 0.701. The molecule has 1 aromatic carbocycles. The van der Waals surface area contributed by atoms with E-state index in [1.165, 1.54) is 14.2 Å². The molecule has 0 aliphatic rings. The Morgan fingerprint density at radius 2 is 2.00 bits per heavy atom. The fourth-order valence-corrected chi connectivity index (χ4v) is 4.17. The van der Waals surface area contributed by atoms with E-state index in [1.807, 2.05) is 25.2 Å². The highest BCUT2D eigenvalue weighted by atomic mass is 79.9. The van der Waals surface area contributed by atoms with Gasteiger partial charge in [0.25, 0.3) is 0 Å². The van der Waals surface area contributed by atoms with Crippen molar-refractivity contribution in [2.45, 2.75) is 13.0 Å². The second-order valence-electron chi connectivity index (χ2n) is 3.99. The zero-order valence-corrected chi connectivity index (χ0v) is 14.7. The summed E-state index contributed by atoms with van der Waals surface area (Å²) in [4.78, 5) is 1.27. The van der Waals surface area contributed by atoms with E-state index in [4.69, 9.17) is 11.6 Å². The summed E-state index contributed by atoms with van der Waals surface area (Å²) in [5.41, 5.74) is 2.41. The van der Waals surface area contributed by atoms with Crippen LogP contribution in [0, 0.1) is 6.92 Å². The van der Waals surface area contributed by atoms with Gasteiger partial charge in [-0.3, -0.25) is 0 Å². The number of halogens is 3. The number of aryl methyl sites for hydroxylation is 1. The van der Waals surface area contributed by atoms with Gasteiger partial charge in [0.15, 0.2) is 0 Å². The van der Waals surface area contributed by atoms with E-state index in [0.29, 0.717) is 0 Å². The summed E-state index contributed by atoms with van der Waals surface area (Å²) in [5, 5.41) is 4.09. The maximum Gasteiger partial charge on any atom is 0.0731 e. The Morgan fingerprint density at radius 3 is 2.56 bits per heavy atom. The first-order valence-electron chi connectivity index (χ1n) is 5.41. The van der Waals surface area contributed by atoms with Crippen LogP contribution in [-0.4, -0.2) is 7.05 Å². The van der Waals surface area contributed by atoms with Crippen LogP contribution in [-0.2, 0) is 0 Å². The van der Waals surface area contributed by atoms with E-state index in [0.717, 1.165) is 15.1 Å². The minimum atomic E-state index is 0.146. The first-order valence-corrected chi connectivity index (χ1v) is 8.19. The van der Waals surface area contributed by atoms with Crippen molar-refractivity contribution in [1.29, 1.82) is 0 Å². The summed E-state index contributed by atoms with van der Waals surface area (Å²) < 4.78 is 2.24. The first-order chi connectivity index (χ1) is 8.52. The van der Waals surface area contributed by atoms with Crippen LogP contribution >= 0.6 is 54.8 Å². The monoisotopic (exact) mass is 407 g/mol. The van der Waals surface area contributed by atoms with Gasteiger partial charge in [-0.15, -0.1) is 11.3 Å². The summed E-state index contributed by atoms with van der Waals surface area (Å²) >= 11 is 15.0. The molecule has 0 saturated heterocycles. The largest absolute Gasteiger partial charge is 0.309 e.